The molecule has 6 heteroatoms. The number of methoxy groups -OCH3 is 2. The number of fused-ring (bicyclic) bond motifs is 2. The molecule has 0 aliphatic carbocycles. The standard InChI is InChI=1S/C18H14O6/c1-20-11-5-3-10(4-6-11)12-8-22-13-7-14-17(24-9-23-14)18(21-2)15(13)16(12)19/h3-8H,9H2,1-2H3. The Balaban J connectivity index is 1.97. The van der Waals surface area contributed by atoms with Crippen molar-refractivity contribution in [1.29, 1.82) is 0 Å². The van der Waals surface area contributed by atoms with E-state index in [1.54, 1.807) is 37.4 Å². The highest BCUT2D eigenvalue weighted by molar-refractivity contribution is 5.91. The van der Waals surface area contributed by atoms with E-state index in [1.807, 2.05) is 0 Å². The first-order valence-corrected chi connectivity index (χ1v) is 7.29. The van der Waals surface area contributed by atoms with Crippen molar-refractivity contribution >= 4 is 11.0 Å². The van der Waals surface area contributed by atoms with E-state index in [1.165, 1.54) is 13.4 Å². The quantitative estimate of drug-likeness (QED) is 0.736. The smallest absolute Gasteiger partial charge is 0.231 e. The van der Waals surface area contributed by atoms with Crippen LogP contribution in [0.2, 0.25) is 0 Å². The van der Waals surface area contributed by atoms with Crippen LogP contribution in [0.25, 0.3) is 22.1 Å². The number of hydrogen-bond acceptors (Lipinski definition) is 6. The van der Waals surface area contributed by atoms with Crippen molar-refractivity contribution in [3.05, 3.63) is 46.8 Å². The first-order chi connectivity index (χ1) is 11.7. The maximum atomic E-state index is 13.0. The van der Waals surface area contributed by atoms with Gasteiger partial charge in [0.15, 0.2) is 11.5 Å². The van der Waals surface area contributed by atoms with Gasteiger partial charge >= 0.3 is 0 Å². The van der Waals surface area contributed by atoms with Gasteiger partial charge in [0.25, 0.3) is 0 Å². The highest BCUT2D eigenvalue weighted by atomic mass is 16.7. The summed E-state index contributed by atoms with van der Waals surface area (Å²) in [5.74, 6) is 1.96. The zero-order valence-electron chi connectivity index (χ0n) is 13.1. The van der Waals surface area contributed by atoms with Gasteiger partial charge in [-0.1, -0.05) is 12.1 Å². The minimum Gasteiger partial charge on any atom is -0.497 e. The third-order valence-corrected chi connectivity index (χ3v) is 3.96. The van der Waals surface area contributed by atoms with Crippen LogP contribution in [0.5, 0.6) is 23.0 Å². The van der Waals surface area contributed by atoms with Gasteiger partial charge in [0.1, 0.15) is 23.0 Å². The van der Waals surface area contributed by atoms with Gasteiger partial charge in [-0.15, -0.1) is 0 Å². The van der Waals surface area contributed by atoms with E-state index in [0.717, 1.165) is 5.56 Å². The second-order valence-electron chi connectivity index (χ2n) is 5.22. The van der Waals surface area contributed by atoms with Crippen LogP contribution in [0.15, 0.2) is 45.8 Å². The Morgan fingerprint density at radius 3 is 2.54 bits per heavy atom. The molecular formula is C18H14O6. The van der Waals surface area contributed by atoms with Crippen LogP contribution in [0.3, 0.4) is 0 Å². The number of rotatable bonds is 3. The molecule has 122 valence electrons. The fourth-order valence-corrected chi connectivity index (χ4v) is 2.77. The van der Waals surface area contributed by atoms with Crippen molar-refractivity contribution in [2.45, 2.75) is 0 Å². The van der Waals surface area contributed by atoms with Crippen molar-refractivity contribution in [1.82, 2.24) is 0 Å². The number of benzene rings is 2. The van der Waals surface area contributed by atoms with Gasteiger partial charge < -0.3 is 23.4 Å². The molecule has 4 rings (SSSR count). The average Bonchev–Trinajstić information content (AvgIpc) is 3.08. The van der Waals surface area contributed by atoms with Crippen LogP contribution in [-0.4, -0.2) is 21.0 Å². The first-order valence-electron chi connectivity index (χ1n) is 7.29. The lowest BCUT2D eigenvalue weighted by molar-refractivity contribution is 0.171. The number of hydrogen-bond donors (Lipinski definition) is 0. The van der Waals surface area contributed by atoms with Crippen LogP contribution in [0, 0.1) is 0 Å². The maximum absolute atomic E-state index is 13.0. The molecule has 3 aromatic rings. The van der Waals surface area contributed by atoms with E-state index in [2.05, 4.69) is 0 Å². The van der Waals surface area contributed by atoms with Gasteiger partial charge in [0.05, 0.1) is 19.8 Å². The van der Waals surface area contributed by atoms with Crippen LogP contribution >= 0.6 is 0 Å². The molecule has 0 saturated heterocycles. The highest BCUT2D eigenvalue weighted by Crippen LogP contribution is 2.45. The second-order valence-corrected chi connectivity index (χ2v) is 5.22. The maximum Gasteiger partial charge on any atom is 0.231 e. The average molecular weight is 326 g/mol. The summed E-state index contributed by atoms with van der Waals surface area (Å²) in [7, 11) is 3.07. The summed E-state index contributed by atoms with van der Waals surface area (Å²) in [5, 5.41) is 0.329. The largest absolute Gasteiger partial charge is 0.497 e. The zero-order valence-corrected chi connectivity index (χ0v) is 13.1. The minimum atomic E-state index is -0.198. The van der Waals surface area contributed by atoms with Crippen molar-refractivity contribution in [3.63, 3.8) is 0 Å². The van der Waals surface area contributed by atoms with E-state index in [4.69, 9.17) is 23.4 Å². The molecule has 0 bridgehead atoms. The van der Waals surface area contributed by atoms with Crippen molar-refractivity contribution in [3.8, 4) is 34.1 Å². The molecule has 6 nitrogen and oxygen atoms in total. The van der Waals surface area contributed by atoms with E-state index < -0.39 is 0 Å². The summed E-state index contributed by atoms with van der Waals surface area (Å²) in [6.45, 7) is 0.0849. The Bertz CT molecular complexity index is 971. The molecular weight excluding hydrogens is 312 g/mol. The van der Waals surface area contributed by atoms with Gasteiger partial charge in [-0.3, -0.25) is 4.79 Å². The van der Waals surface area contributed by atoms with Gasteiger partial charge in [-0.2, -0.15) is 0 Å². The predicted molar refractivity (Wildman–Crippen MR) is 87.1 cm³/mol. The summed E-state index contributed by atoms with van der Waals surface area (Å²) in [5.41, 5.74) is 1.35. The topological polar surface area (TPSA) is 67.1 Å². The number of ether oxygens (including phenoxy) is 4. The van der Waals surface area contributed by atoms with Crippen LogP contribution < -0.4 is 24.4 Å². The summed E-state index contributed by atoms with van der Waals surface area (Å²) >= 11 is 0. The Kier molecular flexibility index (Phi) is 3.30. The lowest BCUT2D eigenvalue weighted by Gasteiger charge is -2.09. The molecule has 2 heterocycles. The molecule has 0 N–H and O–H groups in total. The van der Waals surface area contributed by atoms with Gasteiger partial charge in [-0.05, 0) is 17.7 Å². The van der Waals surface area contributed by atoms with Gasteiger partial charge in [0.2, 0.25) is 18.0 Å². The summed E-state index contributed by atoms with van der Waals surface area (Å²) in [4.78, 5) is 13.0. The molecule has 0 saturated carbocycles. The normalized spacial score (nSPS) is 12.4. The van der Waals surface area contributed by atoms with Gasteiger partial charge in [0, 0.05) is 6.07 Å². The molecule has 1 aliphatic rings. The SMILES string of the molecule is COc1ccc(-c2coc3cc4c(c(OC)c3c2=O)OCO4)cc1. The van der Waals surface area contributed by atoms with E-state index in [0.29, 0.717) is 39.5 Å². The van der Waals surface area contributed by atoms with Crippen LogP contribution in [-0.2, 0) is 0 Å². The molecule has 2 aromatic carbocycles. The van der Waals surface area contributed by atoms with Gasteiger partial charge in [-0.25, -0.2) is 0 Å². The lowest BCUT2D eigenvalue weighted by atomic mass is 10.0. The van der Waals surface area contributed by atoms with Crippen LogP contribution in [0.4, 0.5) is 0 Å². The molecule has 0 unspecified atom stereocenters. The van der Waals surface area contributed by atoms with Crippen molar-refractivity contribution < 1.29 is 23.4 Å². The lowest BCUT2D eigenvalue weighted by Crippen LogP contribution is -2.07. The fourth-order valence-electron chi connectivity index (χ4n) is 2.77. The predicted octanol–water partition coefficient (Wildman–Crippen LogP) is 3.21. The fraction of sp³-hybridized carbons (Fsp3) is 0.167. The molecule has 1 aliphatic heterocycles. The summed E-state index contributed by atoms with van der Waals surface area (Å²) in [6.07, 6.45) is 1.44. The summed E-state index contributed by atoms with van der Waals surface area (Å²) < 4.78 is 27.0. The molecule has 0 atom stereocenters. The Hall–Kier alpha value is -3.15. The zero-order chi connectivity index (χ0) is 16.7. The second kappa shape index (κ2) is 5.49. The highest BCUT2D eigenvalue weighted by Gasteiger charge is 2.25. The monoisotopic (exact) mass is 326 g/mol. The van der Waals surface area contributed by atoms with Crippen molar-refractivity contribution in [2.24, 2.45) is 0 Å². The van der Waals surface area contributed by atoms with Crippen molar-refractivity contribution in [2.75, 3.05) is 21.0 Å². The van der Waals surface area contributed by atoms with E-state index in [9.17, 15) is 4.79 Å². The molecule has 0 radical (unpaired) electrons. The molecule has 0 spiro atoms. The first kappa shape index (κ1) is 14.4. The Morgan fingerprint density at radius 1 is 1.04 bits per heavy atom. The Morgan fingerprint density at radius 2 is 1.83 bits per heavy atom. The van der Waals surface area contributed by atoms with Crippen LogP contribution in [0.1, 0.15) is 0 Å². The minimum absolute atomic E-state index is 0.0849. The van der Waals surface area contributed by atoms with E-state index in [-0.39, 0.29) is 12.2 Å². The van der Waals surface area contributed by atoms with E-state index >= 15 is 0 Å². The molecule has 24 heavy (non-hydrogen) atoms. The molecule has 0 fully saturated rings. The Labute approximate surface area is 137 Å². The third-order valence-electron chi connectivity index (χ3n) is 3.96. The summed E-state index contributed by atoms with van der Waals surface area (Å²) in [6, 6.07) is 8.82. The molecule has 0 amide bonds. The third kappa shape index (κ3) is 2.07. The molecule has 1 aromatic heterocycles.